The van der Waals surface area contributed by atoms with Crippen LogP contribution >= 0.6 is 11.6 Å². The fourth-order valence-electron chi connectivity index (χ4n) is 3.37. The van der Waals surface area contributed by atoms with Gasteiger partial charge in [0.05, 0.1) is 12.7 Å². The van der Waals surface area contributed by atoms with Crippen molar-refractivity contribution in [2.24, 2.45) is 13.0 Å². The van der Waals surface area contributed by atoms with Crippen LogP contribution < -0.4 is 0 Å². The van der Waals surface area contributed by atoms with Gasteiger partial charge in [0, 0.05) is 39.6 Å². The maximum atomic E-state index is 12.5. The van der Waals surface area contributed by atoms with Crippen molar-refractivity contribution in [1.82, 2.24) is 19.4 Å². The molecule has 0 unspecified atom stereocenters. The van der Waals surface area contributed by atoms with Gasteiger partial charge in [-0.1, -0.05) is 23.8 Å². The first-order valence-corrected chi connectivity index (χ1v) is 8.84. The van der Waals surface area contributed by atoms with Gasteiger partial charge in [0.2, 0.25) is 5.91 Å². The molecule has 0 aromatic carbocycles. The minimum Gasteiger partial charge on any atom is -0.341 e. The zero-order chi connectivity index (χ0) is 16.2. The lowest BCUT2D eigenvalue weighted by atomic mass is 10.0. The van der Waals surface area contributed by atoms with E-state index in [-0.39, 0.29) is 0 Å². The van der Waals surface area contributed by atoms with Gasteiger partial charge in [0.15, 0.2) is 0 Å². The highest BCUT2D eigenvalue weighted by molar-refractivity contribution is 6.29. The molecule has 2 heterocycles. The van der Waals surface area contributed by atoms with Crippen molar-refractivity contribution in [3.8, 4) is 0 Å². The molecule has 1 amide bonds. The van der Waals surface area contributed by atoms with Crippen molar-refractivity contribution >= 4 is 17.5 Å². The van der Waals surface area contributed by atoms with Crippen LogP contribution in [0.4, 0.5) is 0 Å². The van der Waals surface area contributed by atoms with Crippen LogP contribution in [-0.2, 0) is 18.4 Å². The van der Waals surface area contributed by atoms with Crippen LogP contribution in [0.25, 0.3) is 0 Å². The SMILES string of the molecule is Cn1c(Cl)cnc1CN1CCCN(C(=O)C[C@H]2C=CCC2)CC1. The first-order chi connectivity index (χ1) is 11.1. The van der Waals surface area contributed by atoms with Gasteiger partial charge < -0.3 is 9.47 Å². The summed E-state index contributed by atoms with van der Waals surface area (Å²) < 4.78 is 1.92. The van der Waals surface area contributed by atoms with Crippen LogP contribution in [0.2, 0.25) is 5.15 Å². The molecular formula is C17H25ClN4O. The second-order valence-corrected chi connectivity index (χ2v) is 6.92. The van der Waals surface area contributed by atoms with Crippen LogP contribution in [0.3, 0.4) is 0 Å². The number of imidazole rings is 1. The average molecular weight is 337 g/mol. The summed E-state index contributed by atoms with van der Waals surface area (Å²) >= 11 is 6.05. The van der Waals surface area contributed by atoms with Gasteiger partial charge in [0.25, 0.3) is 0 Å². The second kappa shape index (κ2) is 7.49. The number of allylic oxidation sites excluding steroid dienone is 2. The summed E-state index contributed by atoms with van der Waals surface area (Å²) in [6.45, 7) is 4.37. The second-order valence-electron chi connectivity index (χ2n) is 6.54. The Bertz CT molecular complexity index is 583. The maximum absolute atomic E-state index is 12.5. The predicted molar refractivity (Wildman–Crippen MR) is 91.2 cm³/mol. The Kier molecular flexibility index (Phi) is 5.38. The largest absolute Gasteiger partial charge is 0.341 e. The molecule has 1 aliphatic heterocycles. The molecule has 1 aromatic rings. The first kappa shape index (κ1) is 16.5. The Morgan fingerprint density at radius 3 is 2.91 bits per heavy atom. The molecule has 3 rings (SSSR count). The van der Waals surface area contributed by atoms with E-state index in [1.54, 1.807) is 6.20 Å². The highest BCUT2D eigenvalue weighted by Crippen LogP contribution is 2.21. The van der Waals surface area contributed by atoms with Gasteiger partial charge in [-0.15, -0.1) is 0 Å². The third-order valence-corrected chi connectivity index (χ3v) is 5.23. The monoisotopic (exact) mass is 336 g/mol. The van der Waals surface area contributed by atoms with Crippen LogP contribution in [0, 0.1) is 5.92 Å². The van der Waals surface area contributed by atoms with Gasteiger partial charge >= 0.3 is 0 Å². The molecule has 0 saturated carbocycles. The summed E-state index contributed by atoms with van der Waals surface area (Å²) in [6.07, 6.45) is 10.0. The fraction of sp³-hybridized carbons (Fsp3) is 0.647. The van der Waals surface area contributed by atoms with E-state index in [1.807, 2.05) is 16.5 Å². The van der Waals surface area contributed by atoms with E-state index in [0.29, 0.717) is 23.4 Å². The summed E-state index contributed by atoms with van der Waals surface area (Å²) in [5, 5.41) is 0.663. The van der Waals surface area contributed by atoms with Crippen molar-refractivity contribution in [2.75, 3.05) is 26.2 Å². The highest BCUT2D eigenvalue weighted by atomic mass is 35.5. The molecule has 1 aliphatic carbocycles. The fourth-order valence-corrected chi connectivity index (χ4v) is 3.51. The lowest BCUT2D eigenvalue weighted by Gasteiger charge is -2.23. The number of carbonyl (C=O) groups excluding carboxylic acids is 1. The Morgan fingerprint density at radius 2 is 2.22 bits per heavy atom. The van der Waals surface area contributed by atoms with Gasteiger partial charge in [-0.3, -0.25) is 9.69 Å². The number of rotatable bonds is 4. The highest BCUT2D eigenvalue weighted by Gasteiger charge is 2.22. The minimum atomic E-state index is 0.309. The van der Waals surface area contributed by atoms with Gasteiger partial charge in [0.1, 0.15) is 11.0 Å². The zero-order valence-electron chi connectivity index (χ0n) is 13.7. The molecule has 0 spiro atoms. The van der Waals surface area contributed by atoms with Crippen molar-refractivity contribution in [1.29, 1.82) is 0 Å². The molecule has 1 saturated heterocycles. The number of hydrogen-bond acceptors (Lipinski definition) is 3. The number of nitrogens with zero attached hydrogens (tertiary/aromatic N) is 4. The van der Waals surface area contributed by atoms with E-state index >= 15 is 0 Å². The molecule has 23 heavy (non-hydrogen) atoms. The Hall–Kier alpha value is -1.33. The van der Waals surface area contributed by atoms with Crippen LogP contribution in [0.1, 0.15) is 31.5 Å². The van der Waals surface area contributed by atoms with Crippen molar-refractivity contribution in [2.45, 2.75) is 32.2 Å². The Balaban J connectivity index is 1.51. The van der Waals surface area contributed by atoms with Crippen LogP contribution in [0.15, 0.2) is 18.3 Å². The number of amides is 1. The van der Waals surface area contributed by atoms with E-state index in [2.05, 4.69) is 22.0 Å². The topological polar surface area (TPSA) is 41.4 Å². The minimum absolute atomic E-state index is 0.309. The molecule has 126 valence electrons. The first-order valence-electron chi connectivity index (χ1n) is 8.46. The summed E-state index contributed by atoms with van der Waals surface area (Å²) in [5.74, 6) is 1.74. The van der Waals surface area contributed by atoms with Crippen LogP contribution in [-0.4, -0.2) is 51.4 Å². The third kappa shape index (κ3) is 4.15. The zero-order valence-corrected chi connectivity index (χ0v) is 14.5. The summed E-state index contributed by atoms with van der Waals surface area (Å²) in [5.41, 5.74) is 0. The number of aromatic nitrogens is 2. The average Bonchev–Trinajstić information content (AvgIpc) is 3.07. The molecule has 1 fully saturated rings. The molecule has 1 aromatic heterocycles. The summed E-state index contributed by atoms with van der Waals surface area (Å²) in [4.78, 5) is 21.2. The molecule has 0 radical (unpaired) electrons. The molecule has 6 heteroatoms. The molecule has 5 nitrogen and oxygen atoms in total. The van der Waals surface area contributed by atoms with Crippen LogP contribution in [0.5, 0.6) is 0 Å². The molecular weight excluding hydrogens is 312 g/mol. The normalized spacial score (nSPS) is 22.5. The molecule has 0 bridgehead atoms. The van der Waals surface area contributed by atoms with Crippen molar-refractivity contribution < 1.29 is 4.79 Å². The summed E-state index contributed by atoms with van der Waals surface area (Å²) in [7, 11) is 1.94. The standard InChI is InChI=1S/C17H25ClN4O/c1-20-15(18)12-19-16(20)13-21-7-4-8-22(10-9-21)17(23)11-14-5-2-3-6-14/h2,5,12,14H,3-4,6-11,13H2,1H3/t14-/m0/s1. The van der Waals surface area contributed by atoms with E-state index in [0.717, 1.165) is 57.8 Å². The smallest absolute Gasteiger partial charge is 0.223 e. The Morgan fingerprint density at radius 1 is 1.35 bits per heavy atom. The van der Waals surface area contributed by atoms with E-state index < -0.39 is 0 Å². The summed E-state index contributed by atoms with van der Waals surface area (Å²) in [6, 6.07) is 0. The Labute approximate surface area is 142 Å². The van der Waals surface area contributed by atoms with E-state index in [1.165, 1.54) is 0 Å². The third-order valence-electron chi connectivity index (χ3n) is 4.88. The number of carbonyl (C=O) groups is 1. The molecule has 0 N–H and O–H groups in total. The van der Waals surface area contributed by atoms with Crippen molar-refractivity contribution in [3.05, 3.63) is 29.3 Å². The lowest BCUT2D eigenvalue weighted by Crippen LogP contribution is -2.35. The quantitative estimate of drug-likeness (QED) is 0.793. The lowest BCUT2D eigenvalue weighted by molar-refractivity contribution is -0.131. The van der Waals surface area contributed by atoms with E-state index in [4.69, 9.17) is 11.6 Å². The number of halogens is 1. The van der Waals surface area contributed by atoms with Gasteiger partial charge in [-0.05, 0) is 25.2 Å². The number of hydrogen-bond donors (Lipinski definition) is 0. The van der Waals surface area contributed by atoms with E-state index in [9.17, 15) is 4.79 Å². The van der Waals surface area contributed by atoms with Crippen molar-refractivity contribution in [3.63, 3.8) is 0 Å². The van der Waals surface area contributed by atoms with Gasteiger partial charge in [-0.2, -0.15) is 0 Å². The molecule has 2 aliphatic rings. The predicted octanol–water partition coefficient (Wildman–Crippen LogP) is 2.46. The molecule has 1 atom stereocenters. The maximum Gasteiger partial charge on any atom is 0.223 e. The van der Waals surface area contributed by atoms with Gasteiger partial charge in [-0.25, -0.2) is 4.98 Å².